The zero-order valence-electron chi connectivity index (χ0n) is 23.0. The van der Waals surface area contributed by atoms with Crippen LogP contribution in [0.4, 0.5) is 0 Å². The Kier molecular flexibility index (Phi) is 7.35. The second-order valence-corrected chi connectivity index (χ2v) is 12.4. The zero-order chi connectivity index (χ0) is 27.1. The van der Waals surface area contributed by atoms with Crippen LogP contribution in [0.2, 0.25) is 0 Å². The largest absolute Gasteiger partial charge is 0.481 e. The van der Waals surface area contributed by atoms with Crippen molar-refractivity contribution in [3.8, 4) is 0 Å². The van der Waals surface area contributed by atoms with Crippen LogP contribution in [0.25, 0.3) is 0 Å². The first kappa shape index (κ1) is 26.8. The van der Waals surface area contributed by atoms with Crippen LogP contribution in [0.1, 0.15) is 69.9 Å². The van der Waals surface area contributed by atoms with E-state index in [-0.39, 0.29) is 34.7 Å². The summed E-state index contributed by atoms with van der Waals surface area (Å²) in [6, 6.07) is 8.87. The molecule has 4 aliphatic rings. The summed E-state index contributed by atoms with van der Waals surface area (Å²) in [4.78, 5) is 34.8. The molecule has 6 rings (SSSR count). The number of rotatable bonds is 9. The quantitative estimate of drug-likeness (QED) is 0.492. The molecule has 6 atom stereocenters. The molecule has 1 aromatic carbocycles. The predicted molar refractivity (Wildman–Crippen MR) is 145 cm³/mol. The first-order valence-corrected chi connectivity index (χ1v) is 13.8. The fourth-order valence-corrected chi connectivity index (χ4v) is 6.81. The minimum atomic E-state index is -0.799. The Hall–Kier alpha value is -2.78. The molecule has 2 N–H and O–H groups in total. The van der Waals surface area contributed by atoms with Crippen LogP contribution in [-0.4, -0.2) is 52.6 Å². The molecule has 4 fully saturated rings. The maximum absolute atomic E-state index is 13.8. The Morgan fingerprint density at radius 3 is 2.53 bits per heavy atom. The highest BCUT2D eigenvalue weighted by atomic mass is 16.7. The summed E-state index contributed by atoms with van der Waals surface area (Å²) in [5, 5.41) is 6.08. The van der Waals surface area contributed by atoms with Gasteiger partial charge in [-0.1, -0.05) is 58.0 Å². The molecule has 9 heteroatoms. The molecule has 2 heterocycles. The Morgan fingerprint density at radius 1 is 1.11 bits per heavy atom. The van der Waals surface area contributed by atoms with E-state index in [4.69, 9.17) is 9.31 Å². The molecule has 2 unspecified atom stereocenters. The van der Waals surface area contributed by atoms with Gasteiger partial charge in [0.25, 0.3) is 5.91 Å². The summed E-state index contributed by atoms with van der Waals surface area (Å²) in [5.41, 5.74) is 0.998. The highest BCUT2D eigenvalue weighted by Crippen LogP contribution is 2.65. The van der Waals surface area contributed by atoms with Gasteiger partial charge in [0.15, 0.2) is 0 Å². The highest BCUT2D eigenvalue weighted by molar-refractivity contribution is 6.48. The van der Waals surface area contributed by atoms with E-state index in [1.165, 1.54) is 25.0 Å². The summed E-state index contributed by atoms with van der Waals surface area (Å²) >= 11 is 0. The second kappa shape index (κ2) is 10.4. The van der Waals surface area contributed by atoms with Gasteiger partial charge < -0.3 is 19.9 Å². The van der Waals surface area contributed by atoms with Crippen LogP contribution in [-0.2, 0) is 20.5 Å². The summed E-state index contributed by atoms with van der Waals surface area (Å²) in [6.45, 7) is 11.1. The molecule has 2 bridgehead atoms. The number of hydrogen-bond acceptors (Lipinski definition) is 6. The van der Waals surface area contributed by atoms with Gasteiger partial charge in [-0.05, 0) is 54.9 Å². The molecular formula is C29H39BN4O4. The number of nitrogens with zero attached hydrogens (tertiary/aromatic N) is 2. The number of aromatic nitrogens is 2. The lowest BCUT2D eigenvalue weighted by Gasteiger charge is -2.64. The molecule has 38 heavy (non-hydrogen) atoms. The van der Waals surface area contributed by atoms with Crippen molar-refractivity contribution >= 4 is 18.9 Å². The first-order valence-electron chi connectivity index (χ1n) is 13.8. The van der Waals surface area contributed by atoms with Gasteiger partial charge in [0.1, 0.15) is 11.7 Å². The van der Waals surface area contributed by atoms with Gasteiger partial charge in [-0.15, -0.1) is 0 Å². The summed E-state index contributed by atoms with van der Waals surface area (Å²) in [5.74, 6) is 0.359. The van der Waals surface area contributed by atoms with Gasteiger partial charge in [0.05, 0.1) is 23.8 Å². The molecule has 1 aliphatic heterocycles. The fourth-order valence-electron chi connectivity index (χ4n) is 6.81. The van der Waals surface area contributed by atoms with Crippen LogP contribution in [0.3, 0.4) is 0 Å². The highest BCUT2D eigenvalue weighted by Gasteiger charge is 2.68. The molecule has 2 amide bonds. The molecule has 1 saturated heterocycles. The van der Waals surface area contributed by atoms with E-state index in [0.717, 1.165) is 12.0 Å². The van der Waals surface area contributed by atoms with E-state index >= 15 is 0 Å². The van der Waals surface area contributed by atoms with Crippen molar-refractivity contribution in [1.29, 1.82) is 0 Å². The minimum absolute atomic E-state index is 0.0345. The summed E-state index contributed by atoms with van der Waals surface area (Å²) in [6.07, 6.45) is 7.60. The smallest absolute Gasteiger partial charge is 0.404 e. The maximum Gasteiger partial charge on any atom is 0.481 e. The van der Waals surface area contributed by atoms with E-state index in [2.05, 4.69) is 55.2 Å². The Bertz CT molecular complexity index is 1150. The number of hydrogen-bond donors (Lipinski definition) is 2. The number of carbonyl (C=O) groups excluding carboxylic acids is 2. The predicted octanol–water partition coefficient (Wildman–Crippen LogP) is 3.62. The summed E-state index contributed by atoms with van der Waals surface area (Å²) in [7, 11) is -0.528. The van der Waals surface area contributed by atoms with E-state index in [1.807, 2.05) is 30.3 Å². The van der Waals surface area contributed by atoms with E-state index in [0.29, 0.717) is 30.6 Å². The fraction of sp³-hybridized carbons (Fsp3) is 0.586. The third-order valence-electron chi connectivity index (χ3n) is 9.05. The molecule has 202 valence electrons. The third-order valence-corrected chi connectivity index (χ3v) is 9.05. The molecule has 0 radical (unpaired) electrons. The van der Waals surface area contributed by atoms with Crippen molar-refractivity contribution in [3.63, 3.8) is 0 Å². The lowest BCUT2D eigenvalue weighted by Crippen LogP contribution is -2.65. The summed E-state index contributed by atoms with van der Waals surface area (Å²) < 4.78 is 13.2. The van der Waals surface area contributed by atoms with Crippen LogP contribution < -0.4 is 10.6 Å². The monoisotopic (exact) mass is 518 g/mol. The Labute approximate surface area is 225 Å². The van der Waals surface area contributed by atoms with Gasteiger partial charge in [0, 0.05) is 18.8 Å². The molecule has 2 aromatic rings. The van der Waals surface area contributed by atoms with Gasteiger partial charge >= 0.3 is 7.12 Å². The lowest BCUT2D eigenvalue weighted by molar-refractivity contribution is -0.199. The third kappa shape index (κ3) is 5.10. The van der Waals surface area contributed by atoms with Crippen LogP contribution in [0.15, 0.2) is 48.9 Å². The number of nitrogens with one attached hydrogen (secondary N) is 2. The normalized spacial score (nSPS) is 28.7. The van der Waals surface area contributed by atoms with Crippen LogP contribution in [0.5, 0.6) is 0 Å². The van der Waals surface area contributed by atoms with E-state index in [9.17, 15) is 9.59 Å². The molecule has 1 aromatic heterocycles. The Balaban J connectivity index is 1.34. The van der Waals surface area contributed by atoms with Gasteiger partial charge in [0.2, 0.25) is 5.91 Å². The maximum atomic E-state index is 13.8. The van der Waals surface area contributed by atoms with Crippen molar-refractivity contribution in [2.75, 3.05) is 0 Å². The van der Waals surface area contributed by atoms with Crippen molar-refractivity contribution in [2.45, 2.75) is 84.0 Å². The van der Waals surface area contributed by atoms with Crippen molar-refractivity contribution < 1.29 is 18.9 Å². The lowest BCUT2D eigenvalue weighted by atomic mass is 9.43. The van der Waals surface area contributed by atoms with Crippen LogP contribution >= 0.6 is 0 Å². The second-order valence-electron chi connectivity index (χ2n) is 12.4. The Morgan fingerprint density at radius 2 is 1.87 bits per heavy atom. The number of carbonyl (C=O) groups is 2. The zero-order valence-corrected chi connectivity index (χ0v) is 23.0. The topological polar surface area (TPSA) is 102 Å². The van der Waals surface area contributed by atoms with Crippen molar-refractivity contribution in [3.05, 3.63) is 60.2 Å². The van der Waals surface area contributed by atoms with E-state index in [1.54, 1.807) is 0 Å². The standard InChI is InChI=1S/C29H39BN4O4/c1-18(2)13-25(30-37-24-16-20-15-23(28(20,3)4)29(24,5)38-30)34-26(35)21(14-19-9-7-6-8-10-19)33-27(36)22-17-31-11-12-32-22/h6-12,17-18,20-21,23-25H,13-16H2,1-5H3,(H,33,36)(H,34,35)/t20?,21-,23-,24+,25?,29-/m0/s1. The van der Waals surface area contributed by atoms with Crippen LogP contribution in [0, 0.1) is 23.2 Å². The van der Waals surface area contributed by atoms with Crippen molar-refractivity contribution in [2.24, 2.45) is 23.2 Å². The molecule has 3 aliphatic carbocycles. The van der Waals surface area contributed by atoms with Gasteiger partial charge in [-0.2, -0.15) is 0 Å². The number of benzene rings is 1. The van der Waals surface area contributed by atoms with Gasteiger partial charge in [-0.25, -0.2) is 4.98 Å². The first-order chi connectivity index (χ1) is 18.1. The van der Waals surface area contributed by atoms with E-state index < -0.39 is 19.1 Å². The van der Waals surface area contributed by atoms with Crippen molar-refractivity contribution in [1.82, 2.24) is 20.6 Å². The molecule has 0 spiro atoms. The number of amides is 2. The SMILES string of the molecule is CC(C)CC(NC(=O)[C@H](Cc1ccccc1)NC(=O)c1cnccn1)B1O[C@@H]2CC3C[C@@H](C3(C)C)[C@]2(C)O1. The molecule has 8 nitrogen and oxygen atoms in total. The molecule has 3 saturated carbocycles. The average Bonchev–Trinajstić information content (AvgIpc) is 3.26. The average molecular weight is 518 g/mol. The van der Waals surface area contributed by atoms with Gasteiger partial charge in [-0.3, -0.25) is 14.6 Å². The molecular weight excluding hydrogens is 479 g/mol. The minimum Gasteiger partial charge on any atom is -0.404 e.